The molecule has 2 atom stereocenters. The summed E-state index contributed by atoms with van der Waals surface area (Å²) in [6, 6.07) is 0. The summed E-state index contributed by atoms with van der Waals surface area (Å²) in [6.45, 7) is 3.81. The van der Waals surface area contributed by atoms with E-state index in [0.717, 1.165) is 25.7 Å². The highest BCUT2D eigenvalue weighted by Crippen LogP contribution is 2.59. The Balaban J connectivity index is 1.84. The van der Waals surface area contributed by atoms with E-state index in [-0.39, 0.29) is 29.3 Å². The molecule has 1 N–H and O–H groups in total. The summed E-state index contributed by atoms with van der Waals surface area (Å²) < 4.78 is 5.28. The number of aliphatic carboxylic acids is 1. The molecule has 2 fully saturated rings. The van der Waals surface area contributed by atoms with Gasteiger partial charge in [-0.3, -0.25) is 4.79 Å². The van der Waals surface area contributed by atoms with Crippen molar-refractivity contribution in [3.8, 4) is 0 Å². The zero-order valence-corrected chi connectivity index (χ0v) is 10.9. The summed E-state index contributed by atoms with van der Waals surface area (Å²) in [6.07, 6.45) is 7.30. The maximum Gasteiger partial charge on any atom is 0.330 e. The molecule has 0 radical (unpaired) electrons. The van der Waals surface area contributed by atoms with Crippen LogP contribution < -0.4 is 0 Å². The van der Waals surface area contributed by atoms with Crippen molar-refractivity contribution >= 4 is 11.9 Å². The zero-order valence-electron chi connectivity index (χ0n) is 10.9. The maximum absolute atomic E-state index is 11.6. The number of ether oxygens (including phenoxy) is 1. The quantitative estimate of drug-likeness (QED) is 0.616. The van der Waals surface area contributed by atoms with Crippen LogP contribution in [0.5, 0.6) is 0 Å². The highest BCUT2D eigenvalue weighted by molar-refractivity contribution is 5.83. The van der Waals surface area contributed by atoms with Crippen molar-refractivity contribution in [1.82, 2.24) is 0 Å². The normalized spacial score (nSPS) is 30.6. The van der Waals surface area contributed by atoms with E-state index in [1.807, 2.05) is 13.8 Å². The largest absolute Gasteiger partial charge is 0.481 e. The number of carboxylic acids is 1. The second kappa shape index (κ2) is 4.75. The van der Waals surface area contributed by atoms with Gasteiger partial charge in [0.15, 0.2) is 0 Å². The molecular weight excluding hydrogens is 232 g/mol. The van der Waals surface area contributed by atoms with Gasteiger partial charge in [0.25, 0.3) is 0 Å². The molecule has 0 bridgehead atoms. The average Bonchev–Trinajstić information content (AvgIpc) is 2.63. The van der Waals surface area contributed by atoms with Gasteiger partial charge >= 0.3 is 11.9 Å². The number of carboxylic acid groups (broad SMARTS) is 1. The number of hydrogen-bond donors (Lipinski definition) is 1. The van der Waals surface area contributed by atoms with Gasteiger partial charge in [0.2, 0.25) is 0 Å². The van der Waals surface area contributed by atoms with Crippen LogP contribution in [0.15, 0.2) is 12.2 Å². The molecule has 4 heteroatoms. The minimum atomic E-state index is -0.793. The van der Waals surface area contributed by atoms with Crippen LogP contribution in [0.1, 0.15) is 39.5 Å². The van der Waals surface area contributed by atoms with E-state index < -0.39 is 5.97 Å². The zero-order chi connectivity index (χ0) is 13.3. The van der Waals surface area contributed by atoms with Crippen LogP contribution in [0.25, 0.3) is 0 Å². The number of carbonyl (C=O) groups is 2. The Labute approximate surface area is 107 Å². The van der Waals surface area contributed by atoms with Crippen molar-refractivity contribution in [1.29, 1.82) is 0 Å². The van der Waals surface area contributed by atoms with Gasteiger partial charge in [-0.15, -0.1) is 0 Å². The van der Waals surface area contributed by atoms with Crippen LogP contribution in [0.3, 0.4) is 0 Å². The van der Waals surface area contributed by atoms with Gasteiger partial charge in [0.05, 0.1) is 5.92 Å². The molecule has 0 amide bonds. The van der Waals surface area contributed by atoms with E-state index in [1.54, 1.807) is 6.08 Å². The molecule has 0 aromatic rings. The molecule has 0 heterocycles. The second-order valence-electron chi connectivity index (χ2n) is 5.87. The van der Waals surface area contributed by atoms with E-state index in [9.17, 15) is 9.59 Å². The lowest BCUT2D eigenvalue weighted by atomic mass is 10.1. The van der Waals surface area contributed by atoms with Crippen LogP contribution in [0.4, 0.5) is 0 Å². The van der Waals surface area contributed by atoms with E-state index in [0.29, 0.717) is 0 Å². The van der Waals surface area contributed by atoms with E-state index in [4.69, 9.17) is 9.84 Å². The Morgan fingerprint density at radius 2 is 1.89 bits per heavy atom. The molecule has 2 rings (SSSR count). The lowest BCUT2D eigenvalue weighted by Crippen LogP contribution is -2.12. The smallest absolute Gasteiger partial charge is 0.330 e. The Hall–Kier alpha value is -1.32. The van der Waals surface area contributed by atoms with E-state index in [2.05, 4.69) is 0 Å². The molecular formula is C14H20O4. The molecule has 4 nitrogen and oxygen atoms in total. The molecule has 2 saturated carbocycles. The number of rotatable bonds is 4. The molecule has 0 aromatic heterocycles. The molecule has 0 aromatic carbocycles. The van der Waals surface area contributed by atoms with Gasteiger partial charge in [0, 0.05) is 6.08 Å². The van der Waals surface area contributed by atoms with Gasteiger partial charge in [-0.05, 0) is 37.0 Å². The highest BCUT2D eigenvalue weighted by atomic mass is 16.5. The molecule has 0 unspecified atom stereocenters. The predicted molar refractivity (Wildman–Crippen MR) is 65.9 cm³/mol. The van der Waals surface area contributed by atoms with Gasteiger partial charge in [-0.1, -0.05) is 19.9 Å². The fourth-order valence-corrected chi connectivity index (χ4v) is 2.90. The lowest BCUT2D eigenvalue weighted by Gasteiger charge is -2.08. The fourth-order valence-electron chi connectivity index (χ4n) is 2.90. The predicted octanol–water partition coefficient (Wildman–Crippen LogP) is 2.39. The van der Waals surface area contributed by atoms with Crippen molar-refractivity contribution in [2.24, 2.45) is 17.3 Å². The fraction of sp³-hybridized carbons (Fsp3) is 0.714. The van der Waals surface area contributed by atoms with Gasteiger partial charge in [-0.2, -0.15) is 0 Å². The Morgan fingerprint density at radius 1 is 1.28 bits per heavy atom. The first-order valence-corrected chi connectivity index (χ1v) is 6.54. The third-order valence-corrected chi connectivity index (χ3v) is 4.20. The Morgan fingerprint density at radius 3 is 2.39 bits per heavy atom. The average molecular weight is 252 g/mol. The number of allylic oxidation sites excluding steroid dienone is 1. The minimum Gasteiger partial charge on any atom is -0.481 e. The van der Waals surface area contributed by atoms with E-state index in [1.165, 1.54) is 6.08 Å². The molecule has 0 saturated heterocycles. The first-order valence-electron chi connectivity index (χ1n) is 6.54. The van der Waals surface area contributed by atoms with Crippen molar-refractivity contribution in [3.63, 3.8) is 0 Å². The minimum absolute atomic E-state index is 0.0598. The number of carbonyl (C=O) groups excluding carboxylic acids is 1. The lowest BCUT2D eigenvalue weighted by molar-refractivity contribution is -0.143. The SMILES string of the molecule is CC1(C)[C@H](C(=O)O)[C@@H]1/C=C\C(=O)OC1CCCC1. The monoisotopic (exact) mass is 252 g/mol. The molecule has 0 spiro atoms. The highest BCUT2D eigenvalue weighted by Gasteiger charge is 2.60. The molecule has 0 aliphatic heterocycles. The topological polar surface area (TPSA) is 63.6 Å². The summed E-state index contributed by atoms with van der Waals surface area (Å²) in [5.41, 5.74) is -0.254. The van der Waals surface area contributed by atoms with Crippen LogP contribution in [-0.2, 0) is 14.3 Å². The maximum atomic E-state index is 11.6. The van der Waals surface area contributed by atoms with Crippen LogP contribution in [0.2, 0.25) is 0 Å². The van der Waals surface area contributed by atoms with Crippen LogP contribution >= 0.6 is 0 Å². The first kappa shape index (κ1) is 13.1. The van der Waals surface area contributed by atoms with Crippen LogP contribution in [-0.4, -0.2) is 23.1 Å². The van der Waals surface area contributed by atoms with Crippen molar-refractivity contribution in [2.75, 3.05) is 0 Å². The number of esters is 1. The summed E-state index contributed by atoms with van der Waals surface area (Å²) in [4.78, 5) is 22.5. The second-order valence-corrected chi connectivity index (χ2v) is 5.87. The van der Waals surface area contributed by atoms with Crippen molar-refractivity contribution in [3.05, 3.63) is 12.2 Å². The van der Waals surface area contributed by atoms with Crippen molar-refractivity contribution < 1.29 is 19.4 Å². The van der Waals surface area contributed by atoms with Crippen LogP contribution in [0, 0.1) is 17.3 Å². The van der Waals surface area contributed by atoms with Gasteiger partial charge in [-0.25, -0.2) is 4.79 Å². The first-order chi connectivity index (χ1) is 8.43. The summed E-state index contributed by atoms with van der Waals surface area (Å²) >= 11 is 0. The molecule has 2 aliphatic rings. The Kier molecular flexibility index (Phi) is 3.46. The van der Waals surface area contributed by atoms with Gasteiger partial charge in [0.1, 0.15) is 6.10 Å². The van der Waals surface area contributed by atoms with Crippen molar-refractivity contribution in [2.45, 2.75) is 45.6 Å². The number of hydrogen-bond acceptors (Lipinski definition) is 3. The summed E-state index contributed by atoms with van der Waals surface area (Å²) in [5.74, 6) is -1.58. The standard InChI is InChI=1S/C14H20O4/c1-14(2)10(12(14)13(16)17)7-8-11(15)18-9-5-3-4-6-9/h7-10,12H,3-6H2,1-2H3,(H,16,17)/b8-7-/t10-,12-/m0/s1. The Bertz CT molecular complexity index is 377. The summed E-state index contributed by atoms with van der Waals surface area (Å²) in [5, 5.41) is 9.00. The molecule has 2 aliphatic carbocycles. The van der Waals surface area contributed by atoms with E-state index >= 15 is 0 Å². The molecule has 100 valence electrons. The van der Waals surface area contributed by atoms with Gasteiger partial charge < -0.3 is 9.84 Å². The third kappa shape index (κ3) is 2.57. The third-order valence-electron chi connectivity index (χ3n) is 4.20. The summed E-state index contributed by atoms with van der Waals surface area (Å²) in [7, 11) is 0. The molecule has 18 heavy (non-hydrogen) atoms.